The minimum absolute atomic E-state index is 0.0622. The number of carbonyl (C=O) groups is 1. The van der Waals surface area contributed by atoms with E-state index >= 15 is 0 Å². The molecule has 0 bridgehead atoms. The van der Waals surface area contributed by atoms with Crippen LogP contribution in [0.3, 0.4) is 0 Å². The normalized spacial score (nSPS) is 10.4. The van der Waals surface area contributed by atoms with E-state index in [1.54, 1.807) is 11.0 Å². The van der Waals surface area contributed by atoms with E-state index < -0.39 is 0 Å². The van der Waals surface area contributed by atoms with Crippen LogP contribution in [0, 0.1) is 0 Å². The van der Waals surface area contributed by atoms with E-state index in [-0.39, 0.29) is 5.91 Å². The van der Waals surface area contributed by atoms with Gasteiger partial charge in [0.1, 0.15) is 12.7 Å². The van der Waals surface area contributed by atoms with Gasteiger partial charge in [-0.2, -0.15) is 5.10 Å². The number of hydrogen-bond acceptors (Lipinski definition) is 3. The summed E-state index contributed by atoms with van der Waals surface area (Å²) in [5, 5.41) is 7.61. The zero-order valence-electron chi connectivity index (χ0n) is 11.1. The maximum atomic E-state index is 11.6. The highest BCUT2D eigenvalue weighted by atomic mass is 35.5. The highest BCUT2D eigenvalue weighted by molar-refractivity contribution is 6.30. The van der Waals surface area contributed by atoms with E-state index in [9.17, 15) is 4.79 Å². The van der Waals surface area contributed by atoms with Gasteiger partial charge in [-0.05, 0) is 30.5 Å². The molecule has 0 unspecified atom stereocenters. The van der Waals surface area contributed by atoms with E-state index in [4.69, 9.17) is 11.6 Å². The van der Waals surface area contributed by atoms with Crippen LogP contribution in [0.25, 0.3) is 0 Å². The standard InChI is InChI=1S/C14H17ClN4O/c15-13-4-1-3-12(9-13)6-7-17-14(20)5-2-8-19-11-16-10-18-19/h1,3-4,9-11H,2,5-8H2,(H,17,20). The van der Waals surface area contributed by atoms with Crippen LogP contribution in [0.1, 0.15) is 18.4 Å². The number of nitrogens with zero attached hydrogens (tertiary/aromatic N) is 3. The molecule has 0 aliphatic rings. The van der Waals surface area contributed by atoms with Crippen LogP contribution in [0.15, 0.2) is 36.9 Å². The van der Waals surface area contributed by atoms with Crippen LogP contribution in [-0.4, -0.2) is 27.2 Å². The Labute approximate surface area is 123 Å². The summed E-state index contributed by atoms with van der Waals surface area (Å²) >= 11 is 5.90. The van der Waals surface area contributed by atoms with Crippen molar-refractivity contribution in [1.29, 1.82) is 0 Å². The largest absolute Gasteiger partial charge is 0.356 e. The third-order valence-electron chi connectivity index (χ3n) is 2.88. The topological polar surface area (TPSA) is 59.8 Å². The Morgan fingerprint density at radius 1 is 1.40 bits per heavy atom. The Bertz CT molecular complexity index is 542. The number of aryl methyl sites for hydroxylation is 1. The molecule has 6 heteroatoms. The molecule has 0 spiro atoms. The van der Waals surface area contributed by atoms with Gasteiger partial charge >= 0.3 is 0 Å². The molecule has 0 saturated heterocycles. The lowest BCUT2D eigenvalue weighted by Gasteiger charge is -2.06. The number of rotatable bonds is 7. The molecule has 1 N–H and O–H groups in total. The molecule has 0 radical (unpaired) electrons. The lowest BCUT2D eigenvalue weighted by Crippen LogP contribution is -2.25. The maximum absolute atomic E-state index is 11.6. The highest BCUT2D eigenvalue weighted by Crippen LogP contribution is 2.10. The van der Waals surface area contributed by atoms with E-state index in [2.05, 4.69) is 15.4 Å². The zero-order chi connectivity index (χ0) is 14.2. The average molecular weight is 293 g/mol. The summed E-state index contributed by atoms with van der Waals surface area (Å²) in [4.78, 5) is 15.5. The van der Waals surface area contributed by atoms with Crippen LogP contribution >= 0.6 is 11.6 Å². The number of nitrogens with one attached hydrogen (secondary N) is 1. The van der Waals surface area contributed by atoms with Gasteiger partial charge in [0.15, 0.2) is 0 Å². The van der Waals surface area contributed by atoms with Crippen molar-refractivity contribution in [2.24, 2.45) is 0 Å². The number of aromatic nitrogens is 3. The molecule has 1 aromatic carbocycles. The number of carbonyl (C=O) groups excluding carboxylic acids is 1. The first kappa shape index (κ1) is 14.5. The number of benzene rings is 1. The molecule has 0 fully saturated rings. The number of amides is 1. The minimum Gasteiger partial charge on any atom is -0.356 e. The van der Waals surface area contributed by atoms with Gasteiger partial charge in [0.2, 0.25) is 5.91 Å². The van der Waals surface area contributed by atoms with Gasteiger partial charge in [-0.1, -0.05) is 23.7 Å². The Kier molecular flexibility index (Phi) is 5.55. The van der Waals surface area contributed by atoms with E-state index in [1.807, 2.05) is 24.3 Å². The average Bonchev–Trinajstić information content (AvgIpc) is 2.92. The van der Waals surface area contributed by atoms with Gasteiger partial charge in [-0.15, -0.1) is 0 Å². The van der Waals surface area contributed by atoms with Gasteiger partial charge in [0, 0.05) is 24.5 Å². The summed E-state index contributed by atoms with van der Waals surface area (Å²) in [6.45, 7) is 1.34. The SMILES string of the molecule is O=C(CCCn1cncn1)NCCc1cccc(Cl)c1. The van der Waals surface area contributed by atoms with Crippen molar-refractivity contribution in [2.45, 2.75) is 25.8 Å². The summed E-state index contributed by atoms with van der Waals surface area (Å²) in [5.74, 6) is 0.0622. The lowest BCUT2D eigenvalue weighted by molar-refractivity contribution is -0.121. The fourth-order valence-corrected chi connectivity index (χ4v) is 2.09. The first-order chi connectivity index (χ1) is 9.74. The van der Waals surface area contributed by atoms with Gasteiger partial charge in [-0.3, -0.25) is 9.48 Å². The van der Waals surface area contributed by atoms with Crippen LogP contribution in [0.4, 0.5) is 0 Å². The van der Waals surface area contributed by atoms with Crippen molar-refractivity contribution < 1.29 is 4.79 Å². The first-order valence-electron chi connectivity index (χ1n) is 6.57. The minimum atomic E-state index is 0.0622. The summed E-state index contributed by atoms with van der Waals surface area (Å²) < 4.78 is 1.72. The van der Waals surface area contributed by atoms with E-state index in [0.29, 0.717) is 19.5 Å². The molecule has 1 amide bonds. The fraction of sp³-hybridized carbons (Fsp3) is 0.357. The highest BCUT2D eigenvalue weighted by Gasteiger charge is 2.02. The van der Waals surface area contributed by atoms with E-state index in [0.717, 1.165) is 23.4 Å². The molecule has 0 aliphatic heterocycles. The maximum Gasteiger partial charge on any atom is 0.220 e. The molecule has 2 aromatic rings. The van der Waals surface area contributed by atoms with Gasteiger partial charge in [0.05, 0.1) is 0 Å². The summed E-state index contributed by atoms with van der Waals surface area (Å²) in [5.41, 5.74) is 1.13. The second kappa shape index (κ2) is 7.65. The molecular formula is C14H17ClN4O. The summed E-state index contributed by atoms with van der Waals surface area (Å²) in [6.07, 6.45) is 5.18. The third-order valence-corrected chi connectivity index (χ3v) is 3.12. The molecule has 20 heavy (non-hydrogen) atoms. The summed E-state index contributed by atoms with van der Waals surface area (Å²) in [6, 6.07) is 7.67. The molecule has 0 atom stereocenters. The van der Waals surface area contributed by atoms with Gasteiger partial charge in [0.25, 0.3) is 0 Å². The number of halogens is 1. The molecule has 5 nitrogen and oxygen atoms in total. The van der Waals surface area contributed by atoms with Gasteiger partial charge in [-0.25, -0.2) is 4.98 Å². The Morgan fingerprint density at radius 3 is 3.05 bits per heavy atom. The fourth-order valence-electron chi connectivity index (χ4n) is 1.88. The van der Waals surface area contributed by atoms with Crippen molar-refractivity contribution in [3.8, 4) is 0 Å². The number of hydrogen-bond donors (Lipinski definition) is 1. The van der Waals surface area contributed by atoms with Crippen LogP contribution < -0.4 is 5.32 Å². The molecular weight excluding hydrogens is 276 g/mol. The zero-order valence-corrected chi connectivity index (χ0v) is 11.9. The van der Waals surface area contributed by atoms with Crippen molar-refractivity contribution >= 4 is 17.5 Å². The molecule has 106 valence electrons. The molecule has 1 aromatic heterocycles. The first-order valence-corrected chi connectivity index (χ1v) is 6.95. The summed E-state index contributed by atoms with van der Waals surface area (Å²) in [7, 11) is 0. The van der Waals surface area contributed by atoms with Crippen LogP contribution in [0.2, 0.25) is 5.02 Å². The molecule has 1 heterocycles. The quantitative estimate of drug-likeness (QED) is 0.850. The second-order valence-corrected chi connectivity index (χ2v) is 4.93. The smallest absolute Gasteiger partial charge is 0.220 e. The monoisotopic (exact) mass is 292 g/mol. The molecule has 2 rings (SSSR count). The Morgan fingerprint density at radius 2 is 2.30 bits per heavy atom. The molecule has 0 saturated carbocycles. The van der Waals surface area contributed by atoms with E-state index in [1.165, 1.54) is 6.33 Å². The van der Waals surface area contributed by atoms with Crippen molar-refractivity contribution in [2.75, 3.05) is 6.54 Å². The lowest BCUT2D eigenvalue weighted by atomic mass is 10.1. The van der Waals surface area contributed by atoms with Crippen LogP contribution in [0.5, 0.6) is 0 Å². The third kappa shape index (κ3) is 5.01. The van der Waals surface area contributed by atoms with Gasteiger partial charge < -0.3 is 5.32 Å². The van der Waals surface area contributed by atoms with Crippen molar-refractivity contribution in [3.63, 3.8) is 0 Å². The van der Waals surface area contributed by atoms with Crippen molar-refractivity contribution in [3.05, 3.63) is 47.5 Å². The predicted octanol–water partition coefficient (Wildman–Crippen LogP) is 2.07. The predicted molar refractivity (Wildman–Crippen MR) is 77.4 cm³/mol. The van der Waals surface area contributed by atoms with Crippen LogP contribution in [-0.2, 0) is 17.8 Å². The molecule has 0 aliphatic carbocycles. The van der Waals surface area contributed by atoms with Crippen molar-refractivity contribution in [1.82, 2.24) is 20.1 Å². The Hall–Kier alpha value is -1.88. The Balaban J connectivity index is 1.60. The second-order valence-electron chi connectivity index (χ2n) is 4.49.